The molecule has 0 radical (unpaired) electrons. The minimum absolute atomic E-state index is 0.137. The molecule has 1 nitrogen and oxygen atoms in total. The summed E-state index contributed by atoms with van der Waals surface area (Å²) in [5.74, 6) is 0. The van der Waals surface area contributed by atoms with Crippen LogP contribution in [-0.4, -0.2) is 4.57 Å². The Hall–Kier alpha value is -1.16. The summed E-state index contributed by atoms with van der Waals surface area (Å²) in [5.41, 5.74) is 0.158. The van der Waals surface area contributed by atoms with Gasteiger partial charge in [0.1, 0.15) is 5.15 Å². The van der Waals surface area contributed by atoms with E-state index in [1.165, 1.54) is 17.7 Å². The third-order valence-electron chi connectivity index (χ3n) is 2.68. The first-order chi connectivity index (χ1) is 7.34. The molecule has 16 heavy (non-hydrogen) atoms. The van der Waals surface area contributed by atoms with Crippen LogP contribution in [0, 0.1) is 6.92 Å². The largest absolute Gasteiger partial charge is 0.418 e. The number of alkyl halides is 3. The number of aromatic nitrogens is 1. The van der Waals surface area contributed by atoms with E-state index in [1.54, 1.807) is 13.0 Å². The van der Waals surface area contributed by atoms with Gasteiger partial charge < -0.3 is 4.57 Å². The molecule has 0 spiro atoms. The zero-order valence-corrected chi connectivity index (χ0v) is 9.45. The summed E-state index contributed by atoms with van der Waals surface area (Å²) < 4.78 is 39.7. The number of benzene rings is 1. The highest BCUT2D eigenvalue weighted by molar-refractivity contribution is 6.32. The molecule has 0 aliphatic heterocycles. The third kappa shape index (κ3) is 1.48. The van der Waals surface area contributed by atoms with Crippen molar-refractivity contribution in [1.82, 2.24) is 4.57 Å². The van der Waals surface area contributed by atoms with Crippen LogP contribution in [0.15, 0.2) is 18.2 Å². The number of para-hydroxylation sites is 1. The maximum atomic E-state index is 12.8. The molecule has 86 valence electrons. The summed E-state index contributed by atoms with van der Waals surface area (Å²) in [5, 5.41) is 0.883. The smallest absolute Gasteiger partial charge is 0.334 e. The fourth-order valence-electron chi connectivity index (χ4n) is 1.90. The van der Waals surface area contributed by atoms with Gasteiger partial charge in [0.25, 0.3) is 0 Å². The molecule has 0 bridgehead atoms. The van der Waals surface area contributed by atoms with Gasteiger partial charge >= 0.3 is 6.18 Å². The van der Waals surface area contributed by atoms with E-state index < -0.39 is 11.7 Å². The lowest BCUT2D eigenvalue weighted by Gasteiger charge is -2.09. The number of nitrogens with zero attached hydrogens (tertiary/aromatic N) is 1. The van der Waals surface area contributed by atoms with E-state index in [-0.39, 0.29) is 5.52 Å². The Morgan fingerprint density at radius 3 is 2.44 bits per heavy atom. The van der Waals surface area contributed by atoms with Crippen molar-refractivity contribution in [3.8, 4) is 0 Å². The minimum Gasteiger partial charge on any atom is -0.334 e. The van der Waals surface area contributed by atoms with Crippen LogP contribution >= 0.6 is 11.6 Å². The molecule has 0 unspecified atom stereocenters. The summed E-state index contributed by atoms with van der Waals surface area (Å²) in [6, 6.07) is 4.11. The van der Waals surface area contributed by atoms with Crippen LogP contribution in [0.2, 0.25) is 5.15 Å². The van der Waals surface area contributed by atoms with Crippen molar-refractivity contribution < 1.29 is 13.2 Å². The predicted octanol–water partition coefficient (Wildman–Crippen LogP) is 4.16. The molecule has 0 amide bonds. The van der Waals surface area contributed by atoms with Crippen molar-refractivity contribution in [2.24, 2.45) is 7.05 Å². The van der Waals surface area contributed by atoms with Gasteiger partial charge in [-0.15, -0.1) is 0 Å². The summed E-state index contributed by atoms with van der Waals surface area (Å²) >= 11 is 5.94. The van der Waals surface area contributed by atoms with Crippen LogP contribution in [0.25, 0.3) is 10.9 Å². The van der Waals surface area contributed by atoms with E-state index in [2.05, 4.69) is 0 Å². The topological polar surface area (TPSA) is 4.93 Å². The molecule has 1 heterocycles. The normalized spacial score (nSPS) is 12.4. The van der Waals surface area contributed by atoms with Crippen molar-refractivity contribution in [3.05, 3.63) is 34.5 Å². The summed E-state index contributed by atoms with van der Waals surface area (Å²) in [4.78, 5) is 0. The molecule has 0 saturated heterocycles. The number of rotatable bonds is 0. The fourth-order valence-corrected chi connectivity index (χ4v) is 2.08. The Kier molecular flexibility index (Phi) is 2.42. The fraction of sp³-hybridized carbons (Fsp3) is 0.273. The number of hydrogen-bond donors (Lipinski definition) is 0. The number of halogens is 4. The van der Waals surface area contributed by atoms with Crippen LogP contribution < -0.4 is 0 Å². The van der Waals surface area contributed by atoms with E-state index in [0.29, 0.717) is 16.1 Å². The molecule has 0 fully saturated rings. The molecule has 0 aliphatic carbocycles. The molecule has 5 heteroatoms. The quantitative estimate of drug-likeness (QED) is 0.659. The van der Waals surface area contributed by atoms with Gasteiger partial charge in [0.2, 0.25) is 0 Å². The second-order valence-electron chi connectivity index (χ2n) is 3.67. The summed E-state index contributed by atoms with van der Waals surface area (Å²) in [6.45, 7) is 1.71. The average molecular weight is 248 g/mol. The van der Waals surface area contributed by atoms with Gasteiger partial charge in [0.15, 0.2) is 0 Å². The Morgan fingerprint density at radius 2 is 1.88 bits per heavy atom. The molecule has 0 N–H and O–H groups in total. The van der Waals surface area contributed by atoms with Gasteiger partial charge in [0, 0.05) is 12.4 Å². The first-order valence-electron chi connectivity index (χ1n) is 4.64. The Labute approximate surface area is 95.4 Å². The first kappa shape index (κ1) is 11.3. The van der Waals surface area contributed by atoms with Crippen LogP contribution in [0.3, 0.4) is 0 Å². The molecular formula is C11H9ClF3N. The third-order valence-corrected chi connectivity index (χ3v) is 3.22. The molecule has 2 aromatic rings. The Morgan fingerprint density at radius 1 is 1.25 bits per heavy atom. The Balaban J connectivity index is 2.93. The van der Waals surface area contributed by atoms with E-state index in [4.69, 9.17) is 11.6 Å². The SMILES string of the molecule is Cc1c(Cl)n(C)c2c(C(F)(F)F)cccc12. The van der Waals surface area contributed by atoms with Crippen LogP contribution in [-0.2, 0) is 13.2 Å². The molecule has 1 aromatic heterocycles. The highest BCUT2D eigenvalue weighted by atomic mass is 35.5. The van der Waals surface area contributed by atoms with Crippen molar-refractivity contribution in [2.75, 3.05) is 0 Å². The van der Waals surface area contributed by atoms with Crippen molar-refractivity contribution in [1.29, 1.82) is 0 Å². The molecule has 0 atom stereocenters. The van der Waals surface area contributed by atoms with E-state index in [9.17, 15) is 13.2 Å². The summed E-state index contributed by atoms with van der Waals surface area (Å²) in [6.07, 6.45) is -4.36. The standard InChI is InChI=1S/C11H9ClF3N/c1-6-7-4-3-5-8(11(13,14)15)9(7)16(2)10(6)12/h3-5H,1-2H3. The molecule has 2 rings (SSSR count). The van der Waals surface area contributed by atoms with Gasteiger partial charge in [0.05, 0.1) is 11.1 Å². The zero-order valence-electron chi connectivity index (χ0n) is 8.69. The molecule has 1 aromatic carbocycles. The van der Waals surface area contributed by atoms with E-state index in [1.807, 2.05) is 0 Å². The summed E-state index contributed by atoms with van der Waals surface area (Å²) in [7, 11) is 1.53. The lowest BCUT2D eigenvalue weighted by molar-refractivity contribution is -0.136. The lowest BCUT2D eigenvalue weighted by atomic mass is 10.1. The maximum absolute atomic E-state index is 12.8. The highest BCUT2D eigenvalue weighted by Crippen LogP contribution is 2.38. The van der Waals surface area contributed by atoms with Gasteiger partial charge in [-0.1, -0.05) is 23.7 Å². The molecular weight excluding hydrogens is 239 g/mol. The number of aryl methyl sites for hydroxylation is 2. The van der Waals surface area contributed by atoms with Crippen LogP contribution in [0.5, 0.6) is 0 Å². The second-order valence-corrected chi connectivity index (χ2v) is 4.03. The average Bonchev–Trinajstić information content (AvgIpc) is 2.43. The van der Waals surface area contributed by atoms with Crippen molar-refractivity contribution in [2.45, 2.75) is 13.1 Å². The van der Waals surface area contributed by atoms with Gasteiger partial charge in [-0.3, -0.25) is 0 Å². The minimum atomic E-state index is -4.36. The lowest BCUT2D eigenvalue weighted by Crippen LogP contribution is -2.07. The van der Waals surface area contributed by atoms with Crippen molar-refractivity contribution in [3.63, 3.8) is 0 Å². The highest BCUT2D eigenvalue weighted by Gasteiger charge is 2.34. The van der Waals surface area contributed by atoms with Crippen LogP contribution in [0.1, 0.15) is 11.1 Å². The van der Waals surface area contributed by atoms with Crippen molar-refractivity contribution >= 4 is 22.5 Å². The monoisotopic (exact) mass is 247 g/mol. The predicted molar refractivity (Wildman–Crippen MR) is 57.7 cm³/mol. The van der Waals surface area contributed by atoms with Crippen LogP contribution in [0.4, 0.5) is 13.2 Å². The van der Waals surface area contributed by atoms with Gasteiger partial charge in [-0.05, 0) is 18.6 Å². The number of fused-ring (bicyclic) bond motifs is 1. The second kappa shape index (κ2) is 3.42. The molecule has 0 saturated carbocycles. The van der Waals surface area contributed by atoms with E-state index >= 15 is 0 Å². The maximum Gasteiger partial charge on any atom is 0.418 e. The van der Waals surface area contributed by atoms with Gasteiger partial charge in [-0.2, -0.15) is 13.2 Å². The number of hydrogen-bond acceptors (Lipinski definition) is 0. The Bertz CT molecular complexity index is 554. The molecule has 0 aliphatic rings. The zero-order chi connectivity index (χ0) is 12.1. The van der Waals surface area contributed by atoms with Gasteiger partial charge in [-0.25, -0.2) is 0 Å². The van der Waals surface area contributed by atoms with E-state index in [0.717, 1.165) is 6.07 Å². The first-order valence-corrected chi connectivity index (χ1v) is 5.02.